The molecule has 2 atom stereocenters. The zero-order valence-corrected chi connectivity index (χ0v) is 30.8. The second kappa shape index (κ2) is 38.1. The van der Waals surface area contributed by atoms with Crippen molar-refractivity contribution < 1.29 is 15.0 Å². The molecule has 0 fully saturated rings. The Balaban J connectivity index is 3.66. The van der Waals surface area contributed by atoms with Gasteiger partial charge in [0, 0.05) is 6.42 Å². The van der Waals surface area contributed by atoms with Crippen LogP contribution in [0.4, 0.5) is 0 Å². The maximum Gasteiger partial charge on any atom is 0.220 e. The van der Waals surface area contributed by atoms with Crippen LogP contribution in [0.3, 0.4) is 0 Å². The molecular formula is C42H79NO3. The van der Waals surface area contributed by atoms with E-state index < -0.39 is 12.1 Å². The van der Waals surface area contributed by atoms with E-state index in [4.69, 9.17) is 0 Å². The largest absolute Gasteiger partial charge is 0.394 e. The van der Waals surface area contributed by atoms with E-state index in [1.165, 1.54) is 148 Å². The van der Waals surface area contributed by atoms with Gasteiger partial charge in [0.25, 0.3) is 0 Å². The number of aliphatic hydroxyl groups excluding tert-OH is 2. The summed E-state index contributed by atoms with van der Waals surface area (Å²) < 4.78 is 0. The van der Waals surface area contributed by atoms with Gasteiger partial charge in [0.05, 0.1) is 18.8 Å². The van der Waals surface area contributed by atoms with E-state index in [9.17, 15) is 15.0 Å². The fourth-order valence-electron chi connectivity index (χ4n) is 5.97. The third kappa shape index (κ3) is 34.0. The maximum atomic E-state index is 12.3. The number of carbonyl (C=O) groups excluding carboxylic acids is 1. The lowest BCUT2D eigenvalue weighted by Crippen LogP contribution is -2.45. The number of hydrogen-bond acceptors (Lipinski definition) is 3. The lowest BCUT2D eigenvalue weighted by molar-refractivity contribution is -0.123. The second-order valence-electron chi connectivity index (χ2n) is 13.7. The SMILES string of the molecule is CCCCCCCCCCC/C=C/CC/C=C/CC/C=C/C(O)C(CO)NC(=O)CCCCCCCCCCCCCCCCC. The lowest BCUT2D eigenvalue weighted by Gasteiger charge is -2.19. The molecule has 46 heavy (non-hydrogen) atoms. The Morgan fingerprint density at radius 1 is 0.500 bits per heavy atom. The third-order valence-corrected chi connectivity index (χ3v) is 9.10. The van der Waals surface area contributed by atoms with E-state index in [0.29, 0.717) is 6.42 Å². The molecule has 0 aromatic rings. The third-order valence-electron chi connectivity index (χ3n) is 9.10. The van der Waals surface area contributed by atoms with Crippen molar-refractivity contribution in [2.75, 3.05) is 6.61 Å². The standard InChI is InChI=1S/C42H79NO3/c1-3-5-7-9-11-13-15-17-19-20-21-22-24-25-27-29-31-33-35-37-41(45)40(39-44)43-42(46)38-36-34-32-30-28-26-23-18-16-14-12-10-8-6-4-2/h21-22,27,29,35,37,40-41,44-45H,3-20,23-26,28,30-34,36,38-39H2,1-2H3,(H,43,46)/b22-21+,29-27+,37-35+. The molecule has 3 N–H and O–H groups in total. The summed E-state index contributed by atoms with van der Waals surface area (Å²) in [5, 5.41) is 22.9. The number of amides is 1. The Bertz CT molecular complexity index is 701. The predicted molar refractivity (Wildman–Crippen MR) is 202 cm³/mol. The number of hydrogen-bond donors (Lipinski definition) is 3. The number of carbonyl (C=O) groups is 1. The molecule has 0 aliphatic carbocycles. The highest BCUT2D eigenvalue weighted by molar-refractivity contribution is 5.76. The first kappa shape index (κ1) is 44.6. The second-order valence-corrected chi connectivity index (χ2v) is 13.7. The highest BCUT2D eigenvalue weighted by Crippen LogP contribution is 2.14. The minimum absolute atomic E-state index is 0.0775. The molecule has 0 aliphatic heterocycles. The van der Waals surface area contributed by atoms with Crippen molar-refractivity contribution in [3.8, 4) is 0 Å². The first-order valence-corrected chi connectivity index (χ1v) is 20.2. The van der Waals surface area contributed by atoms with Gasteiger partial charge >= 0.3 is 0 Å². The van der Waals surface area contributed by atoms with Crippen LogP contribution in [0.15, 0.2) is 36.5 Å². The highest BCUT2D eigenvalue weighted by atomic mass is 16.3. The van der Waals surface area contributed by atoms with Gasteiger partial charge in [0.15, 0.2) is 0 Å². The topological polar surface area (TPSA) is 69.6 Å². The maximum absolute atomic E-state index is 12.3. The average molecular weight is 646 g/mol. The normalized spacial score (nSPS) is 13.4. The zero-order valence-electron chi connectivity index (χ0n) is 30.8. The molecule has 0 radical (unpaired) electrons. The lowest BCUT2D eigenvalue weighted by atomic mass is 10.0. The molecule has 2 unspecified atom stereocenters. The predicted octanol–water partition coefficient (Wildman–Crippen LogP) is 12.2. The average Bonchev–Trinajstić information content (AvgIpc) is 3.06. The molecule has 0 saturated heterocycles. The highest BCUT2D eigenvalue weighted by Gasteiger charge is 2.17. The van der Waals surface area contributed by atoms with Crippen molar-refractivity contribution in [1.29, 1.82) is 0 Å². The fourth-order valence-corrected chi connectivity index (χ4v) is 5.97. The van der Waals surface area contributed by atoms with Gasteiger partial charge in [0.1, 0.15) is 0 Å². The Labute approximate surface area is 287 Å². The van der Waals surface area contributed by atoms with Crippen LogP contribution in [0, 0.1) is 0 Å². The van der Waals surface area contributed by atoms with Crippen molar-refractivity contribution in [2.24, 2.45) is 0 Å². The van der Waals surface area contributed by atoms with Crippen LogP contribution in [0.25, 0.3) is 0 Å². The van der Waals surface area contributed by atoms with Crippen molar-refractivity contribution in [1.82, 2.24) is 5.32 Å². The van der Waals surface area contributed by atoms with Gasteiger partial charge in [-0.15, -0.1) is 0 Å². The first-order chi connectivity index (χ1) is 22.7. The van der Waals surface area contributed by atoms with Gasteiger partial charge in [-0.1, -0.05) is 192 Å². The van der Waals surface area contributed by atoms with Gasteiger partial charge in [-0.3, -0.25) is 4.79 Å². The summed E-state index contributed by atoms with van der Waals surface area (Å²) in [6.07, 6.45) is 49.5. The van der Waals surface area contributed by atoms with Gasteiger partial charge in [-0.2, -0.15) is 0 Å². The van der Waals surface area contributed by atoms with Crippen LogP contribution in [0.1, 0.15) is 206 Å². The van der Waals surface area contributed by atoms with Crippen LogP contribution >= 0.6 is 0 Å². The molecule has 0 saturated carbocycles. The van der Waals surface area contributed by atoms with Crippen LogP contribution in [0.5, 0.6) is 0 Å². The Morgan fingerprint density at radius 2 is 0.848 bits per heavy atom. The number of nitrogens with one attached hydrogen (secondary N) is 1. The molecule has 4 heteroatoms. The molecule has 4 nitrogen and oxygen atoms in total. The van der Waals surface area contributed by atoms with E-state index in [2.05, 4.69) is 43.5 Å². The molecule has 270 valence electrons. The molecular weight excluding hydrogens is 566 g/mol. The van der Waals surface area contributed by atoms with Gasteiger partial charge < -0.3 is 15.5 Å². The summed E-state index contributed by atoms with van der Waals surface area (Å²) >= 11 is 0. The number of aliphatic hydroxyl groups is 2. The van der Waals surface area contributed by atoms with Crippen molar-refractivity contribution in [3.05, 3.63) is 36.5 Å². The van der Waals surface area contributed by atoms with E-state index in [1.54, 1.807) is 6.08 Å². The summed E-state index contributed by atoms with van der Waals surface area (Å²) in [6, 6.07) is -0.641. The minimum atomic E-state index is -0.866. The molecule has 0 bridgehead atoms. The van der Waals surface area contributed by atoms with Crippen LogP contribution in [-0.2, 0) is 4.79 Å². The number of allylic oxidation sites excluding steroid dienone is 5. The molecule has 0 aromatic heterocycles. The van der Waals surface area contributed by atoms with E-state index in [-0.39, 0.29) is 12.5 Å². The van der Waals surface area contributed by atoms with E-state index in [1.807, 2.05) is 6.08 Å². The first-order valence-electron chi connectivity index (χ1n) is 20.2. The summed E-state index contributed by atoms with van der Waals surface area (Å²) in [5.41, 5.74) is 0. The van der Waals surface area contributed by atoms with Gasteiger partial charge in [0.2, 0.25) is 5.91 Å². The smallest absolute Gasteiger partial charge is 0.220 e. The fraction of sp³-hybridized carbons (Fsp3) is 0.833. The van der Waals surface area contributed by atoms with Gasteiger partial charge in [-0.05, 0) is 44.9 Å². The zero-order chi connectivity index (χ0) is 33.6. The summed E-state index contributed by atoms with van der Waals surface area (Å²) in [7, 11) is 0. The summed E-state index contributed by atoms with van der Waals surface area (Å²) in [6.45, 7) is 4.29. The minimum Gasteiger partial charge on any atom is -0.394 e. The summed E-state index contributed by atoms with van der Waals surface area (Å²) in [5.74, 6) is -0.0775. The quantitative estimate of drug-likeness (QED) is 0.0469. The number of rotatable bonds is 36. The van der Waals surface area contributed by atoms with Crippen LogP contribution in [-0.4, -0.2) is 34.9 Å². The van der Waals surface area contributed by atoms with Crippen molar-refractivity contribution in [2.45, 2.75) is 219 Å². The Hall–Kier alpha value is -1.39. The van der Waals surface area contributed by atoms with Crippen molar-refractivity contribution >= 4 is 5.91 Å². The van der Waals surface area contributed by atoms with Crippen LogP contribution in [0.2, 0.25) is 0 Å². The Kier molecular flexibility index (Phi) is 36.9. The summed E-state index contributed by atoms with van der Waals surface area (Å²) in [4.78, 5) is 12.3. The molecule has 0 heterocycles. The molecule has 1 amide bonds. The molecule has 0 spiro atoms. The van der Waals surface area contributed by atoms with Gasteiger partial charge in [-0.25, -0.2) is 0 Å². The van der Waals surface area contributed by atoms with E-state index >= 15 is 0 Å². The molecule has 0 aliphatic rings. The monoisotopic (exact) mass is 646 g/mol. The Morgan fingerprint density at radius 3 is 1.26 bits per heavy atom. The van der Waals surface area contributed by atoms with Crippen LogP contribution < -0.4 is 5.32 Å². The number of unbranched alkanes of at least 4 members (excludes halogenated alkanes) is 25. The van der Waals surface area contributed by atoms with Crippen molar-refractivity contribution in [3.63, 3.8) is 0 Å². The molecule has 0 rings (SSSR count). The molecule has 0 aromatic carbocycles. The van der Waals surface area contributed by atoms with E-state index in [0.717, 1.165) is 38.5 Å².